The summed E-state index contributed by atoms with van der Waals surface area (Å²) in [6.07, 6.45) is -4.17. The molecule has 26 heavy (non-hydrogen) atoms. The summed E-state index contributed by atoms with van der Waals surface area (Å²) in [4.78, 5) is 8.26. The van der Waals surface area contributed by atoms with Crippen molar-refractivity contribution in [3.8, 4) is 0 Å². The second-order valence-electron chi connectivity index (χ2n) is 6.39. The summed E-state index contributed by atoms with van der Waals surface area (Å²) in [5.74, 6) is 1.12. The van der Waals surface area contributed by atoms with Crippen molar-refractivity contribution in [2.75, 3.05) is 39.3 Å². The van der Waals surface area contributed by atoms with Crippen molar-refractivity contribution in [2.45, 2.75) is 38.9 Å². The van der Waals surface area contributed by atoms with Gasteiger partial charge in [0, 0.05) is 45.2 Å². The number of nitrogens with zero attached hydrogens (tertiary/aromatic N) is 3. The first kappa shape index (κ1) is 23.5. The van der Waals surface area contributed by atoms with Crippen LogP contribution in [-0.4, -0.2) is 67.2 Å². The van der Waals surface area contributed by atoms with Crippen molar-refractivity contribution in [2.24, 2.45) is 4.99 Å². The highest BCUT2D eigenvalue weighted by Gasteiger charge is 2.41. The van der Waals surface area contributed by atoms with Gasteiger partial charge in [-0.25, -0.2) is 0 Å². The van der Waals surface area contributed by atoms with Crippen molar-refractivity contribution in [3.05, 3.63) is 22.4 Å². The van der Waals surface area contributed by atoms with Crippen LogP contribution in [0, 0.1) is 0 Å². The monoisotopic (exact) mass is 504 g/mol. The van der Waals surface area contributed by atoms with Gasteiger partial charge < -0.3 is 10.2 Å². The van der Waals surface area contributed by atoms with Gasteiger partial charge in [-0.05, 0) is 36.2 Å². The maximum absolute atomic E-state index is 12.9. The summed E-state index contributed by atoms with van der Waals surface area (Å²) in [7, 11) is 0. The van der Waals surface area contributed by atoms with E-state index in [1.54, 1.807) is 11.3 Å². The smallest absolute Gasteiger partial charge is 0.357 e. The van der Waals surface area contributed by atoms with Crippen LogP contribution in [0.15, 0.2) is 21.8 Å². The van der Waals surface area contributed by atoms with E-state index in [1.165, 1.54) is 17.4 Å². The second-order valence-corrected chi connectivity index (χ2v) is 7.17. The Bertz CT molecular complexity index is 543. The summed E-state index contributed by atoms with van der Waals surface area (Å²) in [5, 5.41) is 7.45. The predicted octanol–water partition coefficient (Wildman–Crippen LogP) is 4.00. The number of hydrogen-bond donors (Lipinski definition) is 1. The highest BCUT2D eigenvalue weighted by atomic mass is 127. The Morgan fingerprint density at radius 2 is 1.92 bits per heavy atom. The van der Waals surface area contributed by atoms with E-state index in [1.807, 2.05) is 6.92 Å². The first-order chi connectivity index (χ1) is 11.8. The van der Waals surface area contributed by atoms with Crippen LogP contribution in [0.4, 0.5) is 13.2 Å². The van der Waals surface area contributed by atoms with Gasteiger partial charge in [-0.1, -0.05) is 6.92 Å². The Morgan fingerprint density at radius 3 is 2.42 bits per heavy atom. The van der Waals surface area contributed by atoms with Crippen LogP contribution in [-0.2, 0) is 0 Å². The molecule has 0 spiro atoms. The molecular formula is C17H28F3IN4S. The molecule has 1 fully saturated rings. The predicted molar refractivity (Wildman–Crippen MR) is 113 cm³/mol. The highest BCUT2D eigenvalue weighted by molar-refractivity contribution is 14.0. The molecule has 1 aromatic rings. The molecule has 9 heteroatoms. The molecule has 0 bridgehead atoms. The van der Waals surface area contributed by atoms with Gasteiger partial charge in [-0.15, -0.1) is 24.0 Å². The Kier molecular flexibility index (Phi) is 9.67. The largest absolute Gasteiger partial charge is 0.403 e. The minimum Gasteiger partial charge on any atom is -0.357 e. The maximum atomic E-state index is 12.9. The third-order valence-electron chi connectivity index (χ3n) is 4.60. The number of alkyl halides is 3. The molecule has 150 valence electrons. The van der Waals surface area contributed by atoms with Crippen LogP contribution in [0.3, 0.4) is 0 Å². The number of nitrogens with one attached hydrogen (secondary N) is 1. The molecule has 1 saturated heterocycles. The van der Waals surface area contributed by atoms with E-state index in [-0.39, 0.29) is 24.0 Å². The molecule has 1 aliphatic heterocycles. The molecule has 2 atom stereocenters. The van der Waals surface area contributed by atoms with Gasteiger partial charge in [0.1, 0.15) is 6.04 Å². The van der Waals surface area contributed by atoms with Crippen LogP contribution in [0.25, 0.3) is 0 Å². The van der Waals surface area contributed by atoms with Gasteiger partial charge in [0.2, 0.25) is 0 Å². The Hall–Kier alpha value is -0.550. The van der Waals surface area contributed by atoms with E-state index < -0.39 is 12.2 Å². The second kappa shape index (κ2) is 10.7. The molecule has 2 heterocycles. The third kappa shape index (κ3) is 6.56. The molecule has 0 radical (unpaired) electrons. The lowest BCUT2D eigenvalue weighted by Crippen LogP contribution is -2.56. The van der Waals surface area contributed by atoms with Crippen LogP contribution in [0.1, 0.15) is 32.3 Å². The SMILES string of the molecule is CCNC(=NCC(C)c1ccsc1)N1CCN(C(C)C(F)(F)F)CC1.I. The quantitative estimate of drug-likeness (QED) is 0.374. The van der Waals surface area contributed by atoms with Crippen molar-refractivity contribution in [1.82, 2.24) is 15.1 Å². The Balaban J connectivity index is 0.00000338. The summed E-state index contributed by atoms with van der Waals surface area (Å²) >= 11 is 1.67. The molecule has 1 aliphatic rings. The first-order valence-electron chi connectivity index (χ1n) is 8.69. The number of thiophene rings is 1. The Morgan fingerprint density at radius 1 is 1.27 bits per heavy atom. The molecule has 4 nitrogen and oxygen atoms in total. The van der Waals surface area contributed by atoms with Crippen LogP contribution < -0.4 is 5.32 Å². The van der Waals surface area contributed by atoms with E-state index >= 15 is 0 Å². The third-order valence-corrected chi connectivity index (χ3v) is 5.30. The number of piperazine rings is 1. The van der Waals surface area contributed by atoms with Gasteiger partial charge in [0.05, 0.1) is 0 Å². The summed E-state index contributed by atoms with van der Waals surface area (Å²) in [6, 6.07) is 0.711. The summed E-state index contributed by atoms with van der Waals surface area (Å²) in [5.41, 5.74) is 1.27. The number of rotatable bonds is 5. The topological polar surface area (TPSA) is 30.9 Å². The van der Waals surface area contributed by atoms with E-state index in [9.17, 15) is 13.2 Å². The zero-order valence-electron chi connectivity index (χ0n) is 15.4. The zero-order valence-corrected chi connectivity index (χ0v) is 18.6. The number of guanidine groups is 1. The first-order valence-corrected chi connectivity index (χ1v) is 9.63. The molecule has 0 aromatic carbocycles. The minimum absolute atomic E-state index is 0. The van der Waals surface area contributed by atoms with Crippen molar-refractivity contribution < 1.29 is 13.2 Å². The lowest BCUT2D eigenvalue weighted by atomic mass is 10.1. The molecule has 0 aliphatic carbocycles. The lowest BCUT2D eigenvalue weighted by molar-refractivity contribution is -0.181. The standard InChI is InChI=1S/C17H27F3N4S.HI/c1-4-21-16(22-11-13(2)15-5-10-25-12-15)24-8-6-23(7-9-24)14(3)17(18,19)20;/h5,10,12-14H,4,6-9,11H2,1-3H3,(H,21,22);1H. The number of hydrogen-bond acceptors (Lipinski definition) is 3. The molecule has 0 saturated carbocycles. The average Bonchev–Trinajstić information content (AvgIpc) is 3.11. The lowest BCUT2D eigenvalue weighted by Gasteiger charge is -2.39. The minimum atomic E-state index is -4.17. The van der Waals surface area contributed by atoms with Gasteiger partial charge in [-0.3, -0.25) is 9.89 Å². The fourth-order valence-corrected chi connectivity index (χ4v) is 3.62. The van der Waals surface area contributed by atoms with E-state index in [4.69, 9.17) is 4.99 Å². The molecule has 2 rings (SSSR count). The average molecular weight is 504 g/mol. The van der Waals surface area contributed by atoms with Crippen molar-refractivity contribution in [3.63, 3.8) is 0 Å². The van der Waals surface area contributed by atoms with Gasteiger partial charge >= 0.3 is 6.18 Å². The van der Waals surface area contributed by atoms with Crippen LogP contribution in [0.5, 0.6) is 0 Å². The summed E-state index contributed by atoms with van der Waals surface area (Å²) in [6.45, 7) is 8.67. The summed E-state index contributed by atoms with van der Waals surface area (Å²) < 4.78 is 38.6. The van der Waals surface area contributed by atoms with E-state index in [0.29, 0.717) is 38.6 Å². The fourth-order valence-electron chi connectivity index (χ4n) is 2.84. The van der Waals surface area contributed by atoms with Gasteiger partial charge in [0.25, 0.3) is 0 Å². The molecular weight excluding hydrogens is 476 g/mol. The van der Waals surface area contributed by atoms with Crippen molar-refractivity contribution in [1.29, 1.82) is 0 Å². The Labute approximate surface area is 174 Å². The van der Waals surface area contributed by atoms with Crippen LogP contribution in [0.2, 0.25) is 0 Å². The molecule has 1 aromatic heterocycles. The maximum Gasteiger partial charge on any atom is 0.403 e. The normalized spacial score (nSPS) is 19.0. The van der Waals surface area contributed by atoms with E-state index in [0.717, 1.165) is 12.5 Å². The van der Waals surface area contributed by atoms with E-state index in [2.05, 4.69) is 34.0 Å². The zero-order chi connectivity index (χ0) is 18.4. The van der Waals surface area contributed by atoms with Gasteiger partial charge in [0.15, 0.2) is 5.96 Å². The fraction of sp³-hybridized carbons (Fsp3) is 0.706. The molecule has 1 N–H and O–H groups in total. The highest BCUT2D eigenvalue weighted by Crippen LogP contribution is 2.25. The van der Waals surface area contributed by atoms with Crippen LogP contribution >= 0.6 is 35.3 Å². The van der Waals surface area contributed by atoms with Crippen molar-refractivity contribution >= 4 is 41.3 Å². The molecule has 0 amide bonds. The van der Waals surface area contributed by atoms with Gasteiger partial charge in [-0.2, -0.15) is 24.5 Å². The number of halogens is 4. The number of aliphatic imine (C=N–C) groups is 1. The molecule has 2 unspecified atom stereocenters.